The summed E-state index contributed by atoms with van der Waals surface area (Å²) in [6.07, 6.45) is 3.12. The highest BCUT2D eigenvalue weighted by atomic mass is 16.5. The third-order valence-electron chi connectivity index (χ3n) is 7.25. The number of aromatic nitrogens is 2. The molecule has 0 spiro atoms. The normalized spacial score (nSPS) is 22.8. The molecule has 8 nitrogen and oxygen atoms in total. The predicted octanol–water partition coefficient (Wildman–Crippen LogP) is 3.02. The number of para-hydroxylation sites is 2. The molecule has 8 heteroatoms. The maximum atomic E-state index is 14.1. The molecular weight excluding hydrogens is 442 g/mol. The van der Waals surface area contributed by atoms with Crippen molar-refractivity contribution in [1.29, 1.82) is 0 Å². The molecule has 1 aromatic carbocycles. The van der Waals surface area contributed by atoms with Gasteiger partial charge in [0.1, 0.15) is 0 Å². The van der Waals surface area contributed by atoms with Crippen LogP contribution in [0.5, 0.6) is 0 Å². The number of morpholine rings is 1. The first kappa shape index (κ1) is 25.6. The topological polar surface area (TPSA) is 79.7 Å². The Labute approximate surface area is 209 Å². The summed E-state index contributed by atoms with van der Waals surface area (Å²) in [4.78, 5) is 36.0. The van der Waals surface area contributed by atoms with Crippen LogP contribution in [0.15, 0.2) is 24.3 Å². The summed E-state index contributed by atoms with van der Waals surface area (Å²) in [7, 11) is 0. The van der Waals surface area contributed by atoms with Crippen LogP contribution < -0.4 is 5.32 Å². The molecule has 2 atom stereocenters. The lowest BCUT2D eigenvalue weighted by Gasteiger charge is -2.40. The number of benzene rings is 1. The second-order valence-electron chi connectivity index (χ2n) is 10.5. The number of hydrogen-bond donors (Lipinski definition) is 1. The monoisotopic (exact) mass is 483 g/mol. The number of hydrogen-bond acceptors (Lipinski definition) is 5. The SMILES string of the molecule is C.CC(C)CN(C(=O)c1nc2ccccc2n1CC1CC1)[C@@H]1CNC[C@H](C(=O)N2CCOCC2)C1. The van der Waals surface area contributed by atoms with Gasteiger partial charge in [0.25, 0.3) is 5.91 Å². The van der Waals surface area contributed by atoms with E-state index >= 15 is 0 Å². The minimum absolute atomic E-state index is 0. The molecule has 1 N–H and O–H groups in total. The average molecular weight is 484 g/mol. The largest absolute Gasteiger partial charge is 0.378 e. The maximum absolute atomic E-state index is 14.1. The Morgan fingerprint density at radius 2 is 1.91 bits per heavy atom. The van der Waals surface area contributed by atoms with Crippen LogP contribution in [-0.2, 0) is 16.1 Å². The summed E-state index contributed by atoms with van der Waals surface area (Å²) in [5.41, 5.74) is 1.91. The van der Waals surface area contributed by atoms with E-state index in [0.717, 1.165) is 17.6 Å². The Morgan fingerprint density at radius 1 is 1.17 bits per heavy atom. The number of nitrogens with one attached hydrogen (secondary N) is 1. The first-order chi connectivity index (χ1) is 16.5. The fourth-order valence-electron chi connectivity index (χ4n) is 5.29. The van der Waals surface area contributed by atoms with Crippen molar-refractivity contribution in [3.8, 4) is 0 Å². The number of ether oxygens (including phenoxy) is 1. The number of carbonyl (C=O) groups excluding carboxylic acids is 2. The Morgan fingerprint density at radius 3 is 2.63 bits per heavy atom. The minimum Gasteiger partial charge on any atom is -0.378 e. The van der Waals surface area contributed by atoms with E-state index in [9.17, 15) is 9.59 Å². The average Bonchev–Trinajstić information content (AvgIpc) is 3.61. The molecule has 1 aliphatic carbocycles. The highest BCUT2D eigenvalue weighted by Gasteiger charge is 2.37. The lowest BCUT2D eigenvalue weighted by molar-refractivity contribution is -0.140. The van der Waals surface area contributed by atoms with Gasteiger partial charge in [0.05, 0.1) is 30.2 Å². The third-order valence-corrected chi connectivity index (χ3v) is 7.25. The van der Waals surface area contributed by atoms with E-state index in [1.807, 2.05) is 28.0 Å². The van der Waals surface area contributed by atoms with E-state index in [1.165, 1.54) is 12.8 Å². The van der Waals surface area contributed by atoms with Gasteiger partial charge in [-0.05, 0) is 43.2 Å². The molecule has 5 rings (SSSR count). The standard InChI is InChI=1S/C26H37N5O3.CH4/c1-18(2)16-30(21-13-20(14-27-15-21)25(32)29-9-11-34-12-10-29)26(33)24-28-22-5-3-4-6-23(22)31(24)17-19-7-8-19;/h3-6,18-21,27H,7-17H2,1-2H3;1H4/t20-,21+;/m1./s1. The zero-order chi connectivity index (χ0) is 23.7. The Bertz CT molecular complexity index is 1020. The van der Waals surface area contributed by atoms with Gasteiger partial charge >= 0.3 is 0 Å². The molecule has 3 aliphatic rings. The van der Waals surface area contributed by atoms with Crippen molar-refractivity contribution in [1.82, 2.24) is 24.7 Å². The lowest BCUT2D eigenvalue weighted by atomic mass is 9.92. The molecule has 0 bridgehead atoms. The van der Waals surface area contributed by atoms with Crippen LogP contribution >= 0.6 is 0 Å². The van der Waals surface area contributed by atoms with Crippen LogP contribution in [0.1, 0.15) is 51.2 Å². The molecule has 1 saturated carbocycles. The lowest BCUT2D eigenvalue weighted by Crippen LogP contribution is -2.56. The van der Waals surface area contributed by atoms with Crippen LogP contribution in [0.2, 0.25) is 0 Å². The number of imidazole rings is 1. The van der Waals surface area contributed by atoms with E-state index in [1.54, 1.807) is 0 Å². The van der Waals surface area contributed by atoms with Crippen molar-refractivity contribution in [3.63, 3.8) is 0 Å². The van der Waals surface area contributed by atoms with Crippen LogP contribution in [0, 0.1) is 17.8 Å². The summed E-state index contributed by atoms with van der Waals surface area (Å²) < 4.78 is 7.55. The van der Waals surface area contributed by atoms with Gasteiger partial charge in [0.15, 0.2) is 5.82 Å². The smallest absolute Gasteiger partial charge is 0.290 e. The van der Waals surface area contributed by atoms with Crippen LogP contribution in [0.4, 0.5) is 0 Å². The van der Waals surface area contributed by atoms with Gasteiger partial charge in [-0.15, -0.1) is 0 Å². The number of fused-ring (bicyclic) bond motifs is 1. The summed E-state index contributed by atoms with van der Waals surface area (Å²) in [6, 6.07) is 8.01. The Hall–Kier alpha value is -2.45. The molecule has 1 aromatic heterocycles. The summed E-state index contributed by atoms with van der Waals surface area (Å²) in [5.74, 6) is 1.53. The summed E-state index contributed by atoms with van der Waals surface area (Å²) in [5, 5.41) is 3.45. The van der Waals surface area contributed by atoms with Gasteiger partial charge < -0.3 is 24.4 Å². The molecule has 3 fully saturated rings. The number of carbonyl (C=O) groups is 2. The zero-order valence-electron chi connectivity index (χ0n) is 20.4. The van der Waals surface area contributed by atoms with E-state index < -0.39 is 0 Å². The molecular formula is C27H41N5O3. The van der Waals surface area contributed by atoms with Crippen molar-refractivity contribution in [2.24, 2.45) is 17.8 Å². The maximum Gasteiger partial charge on any atom is 0.290 e. The van der Waals surface area contributed by atoms with Gasteiger partial charge in [-0.2, -0.15) is 0 Å². The summed E-state index contributed by atoms with van der Waals surface area (Å²) in [6.45, 7) is 9.65. The van der Waals surface area contributed by atoms with Gasteiger partial charge in [-0.3, -0.25) is 9.59 Å². The number of rotatable bonds is 7. The molecule has 192 valence electrons. The van der Waals surface area contributed by atoms with E-state index in [2.05, 4.69) is 29.8 Å². The van der Waals surface area contributed by atoms with Crippen molar-refractivity contribution < 1.29 is 14.3 Å². The molecule has 2 saturated heterocycles. The van der Waals surface area contributed by atoms with Crippen molar-refractivity contribution in [3.05, 3.63) is 30.1 Å². The van der Waals surface area contributed by atoms with Crippen molar-refractivity contribution >= 4 is 22.8 Å². The fraction of sp³-hybridized carbons (Fsp3) is 0.667. The second-order valence-corrected chi connectivity index (χ2v) is 10.5. The number of amides is 2. The molecule has 3 heterocycles. The quantitative estimate of drug-likeness (QED) is 0.655. The third kappa shape index (κ3) is 5.70. The molecule has 0 unspecified atom stereocenters. The Balaban J connectivity index is 0.00000289. The molecule has 2 aliphatic heterocycles. The molecule has 2 amide bonds. The highest BCUT2D eigenvalue weighted by molar-refractivity contribution is 5.95. The van der Waals surface area contributed by atoms with E-state index in [4.69, 9.17) is 9.72 Å². The van der Waals surface area contributed by atoms with Gasteiger partial charge in [0, 0.05) is 45.3 Å². The van der Waals surface area contributed by atoms with Crippen molar-refractivity contribution in [2.45, 2.75) is 53.1 Å². The predicted molar refractivity (Wildman–Crippen MR) is 137 cm³/mol. The molecule has 0 radical (unpaired) electrons. The number of nitrogens with zero attached hydrogens (tertiary/aromatic N) is 4. The molecule has 2 aromatic rings. The Kier molecular flexibility index (Phi) is 8.12. The highest BCUT2D eigenvalue weighted by Crippen LogP contribution is 2.33. The second kappa shape index (κ2) is 11.1. The van der Waals surface area contributed by atoms with Gasteiger partial charge in [-0.25, -0.2) is 4.98 Å². The minimum atomic E-state index is -0.121. The van der Waals surface area contributed by atoms with Crippen LogP contribution in [0.25, 0.3) is 11.0 Å². The first-order valence-electron chi connectivity index (χ1n) is 12.8. The van der Waals surface area contributed by atoms with Crippen LogP contribution in [0.3, 0.4) is 0 Å². The first-order valence-corrected chi connectivity index (χ1v) is 12.8. The summed E-state index contributed by atoms with van der Waals surface area (Å²) >= 11 is 0. The van der Waals surface area contributed by atoms with E-state index in [0.29, 0.717) is 70.0 Å². The van der Waals surface area contributed by atoms with Crippen molar-refractivity contribution in [2.75, 3.05) is 45.9 Å². The fourth-order valence-corrected chi connectivity index (χ4v) is 5.29. The number of piperidine rings is 1. The van der Waals surface area contributed by atoms with E-state index in [-0.39, 0.29) is 31.2 Å². The molecule has 35 heavy (non-hydrogen) atoms. The zero-order valence-corrected chi connectivity index (χ0v) is 20.4. The van der Waals surface area contributed by atoms with Gasteiger partial charge in [-0.1, -0.05) is 33.4 Å². The van der Waals surface area contributed by atoms with Crippen LogP contribution in [-0.4, -0.2) is 83.1 Å². The van der Waals surface area contributed by atoms with Gasteiger partial charge in [0.2, 0.25) is 5.91 Å².